The fourth-order valence-electron chi connectivity index (χ4n) is 3.46. The number of nitrogens with zero attached hydrogens (tertiary/aromatic N) is 1. The summed E-state index contributed by atoms with van der Waals surface area (Å²) in [6.07, 6.45) is 0.876. The number of anilines is 1. The summed E-state index contributed by atoms with van der Waals surface area (Å²) in [5, 5.41) is 2.89. The van der Waals surface area contributed by atoms with Crippen molar-refractivity contribution in [2.75, 3.05) is 18.4 Å². The highest BCUT2D eigenvalue weighted by Gasteiger charge is 2.31. The molecule has 0 saturated carbocycles. The van der Waals surface area contributed by atoms with Crippen LogP contribution in [0, 0.1) is 11.7 Å². The maximum Gasteiger partial charge on any atom is 0.227 e. The zero-order valence-corrected chi connectivity index (χ0v) is 18.0. The topological polar surface area (TPSA) is 75.7 Å². The van der Waals surface area contributed by atoms with E-state index in [1.807, 2.05) is 26.0 Å². The number of hydrogen-bond donors (Lipinski definition) is 1. The van der Waals surface area contributed by atoms with E-state index in [-0.39, 0.29) is 42.3 Å². The smallest absolute Gasteiger partial charge is 0.227 e. The molecule has 0 spiro atoms. The molecule has 1 aliphatic rings. The molecule has 1 aliphatic heterocycles. The van der Waals surface area contributed by atoms with E-state index >= 15 is 0 Å². The second kappa shape index (κ2) is 9.57. The fraction of sp³-hybridized carbons (Fsp3) is 0.409. The van der Waals surface area contributed by atoms with Crippen LogP contribution in [-0.4, -0.2) is 37.8 Å². The monoisotopic (exact) mass is 434 g/mol. The lowest BCUT2D eigenvalue weighted by atomic mass is 9.97. The maximum absolute atomic E-state index is 13.8. The van der Waals surface area contributed by atoms with Crippen molar-refractivity contribution in [3.8, 4) is 5.75 Å². The number of benzene rings is 2. The van der Waals surface area contributed by atoms with Crippen LogP contribution in [0.5, 0.6) is 5.75 Å². The van der Waals surface area contributed by atoms with Gasteiger partial charge in [-0.25, -0.2) is 17.1 Å². The number of rotatable bonds is 7. The SMILES string of the molecule is CC(C)Oc1cccc(NC(=O)C2CCN(S(=O)(=O)Cc3ccccc3F)CC2)c1. The van der Waals surface area contributed by atoms with Crippen LogP contribution >= 0.6 is 0 Å². The molecule has 1 amide bonds. The average molecular weight is 435 g/mol. The lowest BCUT2D eigenvalue weighted by Gasteiger charge is -2.30. The first-order valence-electron chi connectivity index (χ1n) is 10.0. The molecule has 0 radical (unpaired) electrons. The van der Waals surface area contributed by atoms with E-state index in [9.17, 15) is 17.6 Å². The molecule has 0 aromatic heterocycles. The molecule has 2 aromatic rings. The highest BCUT2D eigenvalue weighted by atomic mass is 32.2. The van der Waals surface area contributed by atoms with Crippen molar-refractivity contribution in [3.05, 3.63) is 59.9 Å². The van der Waals surface area contributed by atoms with Crippen LogP contribution < -0.4 is 10.1 Å². The molecule has 0 atom stereocenters. The van der Waals surface area contributed by atoms with Crippen LogP contribution in [0.25, 0.3) is 0 Å². The summed E-state index contributed by atoms with van der Waals surface area (Å²) in [7, 11) is -3.64. The highest BCUT2D eigenvalue weighted by molar-refractivity contribution is 7.88. The van der Waals surface area contributed by atoms with E-state index in [1.165, 1.54) is 22.5 Å². The minimum Gasteiger partial charge on any atom is -0.491 e. The summed E-state index contributed by atoms with van der Waals surface area (Å²) in [6.45, 7) is 4.34. The average Bonchev–Trinajstić information content (AvgIpc) is 2.69. The van der Waals surface area contributed by atoms with Crippen molar-refractivity contribution in [3.63, 3.8) is 0 Å². The Bertz CT molecular complexity index is 986. The molecule has 1 fully saturated rings. The Morgan fingerprint density at radius 2 is 1.87 bits per heavy atom. The van der Waals surface area contributed by atoms with Crippen molar-refractivity contribution in [1.82, 2.24) is 4.31 Å². The molecular formula is C22H27FN2O4S. The molecule has 0 unspecified atom stereocenters. The van der Waals surface area contributed by atoms with Gasteiger partial charge in [-0.15, -0.1) is 0 Å². The van der Waals surface area contributed by atoms with Gasteiger partial charge in [0.25, 0.3) is 0 Å². The zero-order valence-electron chi connectivity index (χ0n) is 17.2. The van der Waals surface area contributed by atoms with Gasteiger partial charge in [0.2, 0.25) is 15.9 Å². The number of carbonyl (C=O) groups excluding carboxylic acids is 1. The Labute approximate surface area is 177 Å². The number of carbonyl (C=O) groups is 1. The van der Waals surface area contributed by atoms with E-state index in [0.29, 0.717) is 24.3 Å². The first-order valence-corrected chi connectivity index (χ1v) is 11.6. The van der Waals surface area contributed by atoms with Crippen molar-refractivity contribution >= 4 is 21.6 Å². The van der Waals surface area contributed by atoms with Gasteiger partial charge >= 0.3 is 0 Å². The maximum atomic E-state index is 13.8. The summed E-state index contributed by atoms with van der Waals surface area (Å²) in [5.74, 6) is -0.641. The van der Waals surface area contributed by atoms with Crippen LogP contribution in [0.4, 0.5) is 10.1 Å². The third-order valence-corrected chi connectivity index (χ3v) is 6.81. The van der Waals surface area contributed by atoms with Gasteiger partial charge in [-0.1, -0.05) is 24.3 Å². The van der Waals surface area contributed by atoms with Crippen LogP contribution in [-0.2, 0) is 20.6 Å². The number of hydrogen-bond acceptors (Lipinski definition) is 4. The molecule has 0 aliphatic carbocycles. The van der Waals surface area contributed by atoms with Crippen molar-refractivity contribution in [2.24, 2.45) is 5.92 Å². The van der Waals surface area contributed by atoms with Crippen LogP contribution in [0.1, 0.15) is 32.3 Å². The summed E-state index contributed by atoms with van der Waals surface area (Å²) in [4.78, 5) is 12.6. The van der Waals surface area contributed by atoms with Gasteiger partial charge in [-0.2, -0.15) is 0 Å². The number of sulfonamides is 1. The zero-order chi connectivity index (χ0) is 21.7. The van der Waals surface area contributed by atoms with Gasteiger partial charge in [-0.3, -0.25) is 4.79 Å². The number of halogens is 1. The molecule has 1 saturated heterocycles. The fourth-order valence-corrected chi connectivity index (χ4v) is 5.04. The summed E-state index contributed by atoms with van der Waals surface area (Å²) < 4.78 is 46.1. The van der Waals surface area contributed by atoms with Crippen molar-refractivity contribution in [1.29, 1.82) is 0 Å². The normalized spacial score (nSPS) is 15.9. The van der Waals surface area contributed by atoms with Crippen molar-refractivity contribution in [2.45, 2.75) is 38.5 Å². The minimum absolute atomic E-state index is 0.0339. The van der Waals surface area contributed by atoms with Gasteiger partial charge in [-0.05, 0) is 44.9 Å². The molecule has 6 nitrogen and oxygen atoms in total. The van der Waals surface area contributed by atoms with Gasteiger partial charge in [0, 0.05) is 36.3 Å². The van der Waals surface area contributed by atoms with E-state index in [0.717, 1.165) is 0 Å². The second-order valence-corrected chi connectivity index (χ2v) is 9.67. The van der Waals surface area contributed by atoms with Crippen LogP contribution in [0.15, 0.2) is 48.5 Å². The molecular weight excluding hydrogens is 407 g/mol. The largest absolute Gasteiger partial charge is 0.491 e. The predicted octanol–water partition coefficient (Wildman–Crippen LogP) is 3.79. The molecule has 30 heavy (non-hydrogen) atoms. The first kappa shape index (κ1) is 22.2. The second-order valence-electron chi connectivity index (χ2n) is 7.70. The molecule has 1 N–H and O–H groups in total. The first-order chi connectivity index (χ1) is 14.2. The molecule has 8 heteroatoms. The molecule has 1 heterocycles. The third-order valence-electron chi connectivity index (χ3n) is 4.99. The number of ether oxygens (including phenoxy) is 1. The molecule has 162 valence electrons. The van der Waals surface area contributed by atoms with E-state index in [4.69, 9.17) is 4.74 Å². The van der Waals surface area contributed by atoms with Crippen molar-refractivity contribution < 1.29 is 22.3 Å². The summed E-state index contributed by atoms with van der Waals surface area (Å²) >= 11 is 0. The standard InChI is InChI=1S/C22H27FN2O4S/c1-16(2)29-20-8-5-7-19(14-20)24-22(26)17-10-12-25(13-11-17)30(27,28)15-18-6-3-4-9-21(18)23/h3-9,14,16-17H,10-13,15H2,1-2H3,(H,24,26). The Kier molecular flexibility index (Phi) is 7.10. The molecule has 2 aromatic carbocycles. The van der Waals surface area contributed by atoms with Crippen LogP contribution in [0.2, 0.25) is 0 Å². The summed E-state index contributed by atoms with van der Waals surface area (Å²) in [6, 6.07) is 13.1. The quantitative estimate of drug-likeness (QED) is 0.719. The molecule has 3 rings (SSSR count). The Balaban J connectivity index is 1.56. The highest BCUT2D eigenvalue weighted by Crippen LogP contribution is 2.25. The number of amides is 1. The van der Waals surface area contributed by atoms with E-state index in [1.54, 1.807) is 18.2 Å². The Morgan fingerprint density at radius 1 is 1.17 bits per heavy atom. The van der Waals surface area contributed by atoms with Gasteiger partial charge in [0.15, 0.2) is 0 Å². The molecule has 0 bridgehead atoms. The van der Waals surface area contributed by atoms with Gasteiger partial charge < -0.3 is 10.1 Å². The predicted molar refractivity (Wildman–Crippen MR) is 114 cm³/mol. The Hall–Kier alpha value is -2.45. The lowest BCUT2D eigenvalue weighted by molar-refractivity contribution is -0.120. The number of nitrogens with one attached hydrogen (secondary N) is 1. The summed E-state index contributed by atoms with van der Waals surface area (Å²) in [5.41, 5.74) is 0.800. The van der Waals surface area contributed by atoms with Gasteiger partial charge in [0.05, 0.1) is 11.9 Å². The van der Waals surface area contributed by atoms with E-state index in [2.05, 4.69) is 5.32 Å². The van der Waals surface area contributed by atoms with E-state index < -0.39 is 15.8 Å². The minimum atomic E-state index is -3.64. The third kappa shape index (κ3) is 5.79. The Morgan fingerprint density at radius 3 is 2.53 bits per heavy atom. The number of piperidine rings is 1. The van der Waals surface area contributed by atoms with Crippen LogP contribution in [0.3, 0.4) is 0 Å². The van der Waals surface area contributed by atoms with Gasteiger partial charge in [0.1, 0.15) is 11.6 Å². The lowest BCUT2D eigenvalue weighted by Crippen LogP contribution is -2.42.